The van der Waals surface area contributed by atoms with Gasteiger partial charge in [0.15, 0.2) is 0 Å². The molecule has 0 saturated heterocycles. The second-order valence-corrected chi connectivity index (χ2v) is 5.25. The van der Waals surface area contributed by atoms with Crippen molar-refractivity contribution in [2.75, 3.05) is 20.8 Å². The third-order valence-electron chi connectivity index (χ3n) is 3.75. The van der Waals surface area contributed by atoms with Crippen LogP contribution >= 0.6 is 0 Å². The van der Waals surface area contributed by atoms with Crippen molar-refractivity contribution in [3.05, 3.63) is 35.4 Å². The van der Waals surface area contributed by atoms with Crippen LogP contribution in [0.1, 0.15) is 33.6 Å². The van der Waals surface area contributed by atoms with Crippen molar-refractivity contribution in [2.45, 2.75) is 18.9 Å². The van der Waals surface area contributed by atoms with E-state index < -0.39 is 29.8 Å². The van der Waals surface area contributed by atoms with Crippen molar-refractivity contribution >= 4 is 30.0 Å². The Morgan fingerprint density at radius 2 is 1.72 bits per heavy atom. The van der Waals surface area contributed by atoms with Crippen LogP contribution in [0.5, 0.6) is 0 Å². The van der Waals surface area contributed by atoms with Gasteiger partial charge in [-0.3, -0.25) is 24.3 Å². The summed E-state index contributed by atoms with van der Waals surface area (Å²) in [6.07, 6.45) is 1.42. The van der Waals surface area contributed by atoms with Gasteiger partial charge in [-0.05, 0) is 18.6 Å². The Morgan fingerprint density at radius 1 is 1.12 bits per heavy atom. The third kappa shape index (κ3) is 4.09. The largest absolute Gasteiger partial charge is 0.469 e. The van der Waals surface area contributed by atoms with Gasteiger partial charge in [-0.25, -0.2) is 4.79 Å². The Hall–Kier alpha value is -3.03. The highest BCUT2D eigenvalue weighted by atomic mass is 16.5. The van der Waals surface area contributed by atoms with Crippen LogP contribution in [0, 0.1) is 0 Å². The van der Waals surface area contributed by atoms with Crippen LogP contribution in [0.3, 0.4) is 0 Å². The van der Waals surface area contributed by atoms with Gasteiger partial charge in [-0.2, -0.15) is 0 Å². The first kappa shape index (κ1) is 18.3. The van der Waals surface area contributed by atoms with Crippen molar-refractivity contribution in [1.29, 1.82) is 0 Å². The first-order valence-electron chi connectivity index (χ1n) is 7.61. The summed E-state index contributed by atoms with van der Waals surface area (Å²) in [5, 5.41) is 0. The number of benzene rings is 1. The molecule has 0 bridgehead atoms. The van der Waals surface area contributed by atoms with Gasteiger partial charge in [0.2, 0.25) is 0 Å². The Morgan fingerprint density at radius 3 is 2.24 bits per heavy atom. The smallest absolute Gasteiger partial charge is 0.330 e. The highest BCUT2D eigenvalue weighted by Crippen LogP contribution is 2.21. The lowest BCUT2D eigenvalue weighted by Gasteiger charge is -2.12. The Labute approximate surface area is 144 Å². The van der Waals surface area contributed by atoms with E-state index in [0.29, 0.717) is 11.1 Å². The molecule has 1 heterocycles. The zero-order valence-electron chi connectivity index (χ0n) is 13.9. The SMILES string of the molecule is COC(=O)CCC(N=CCN1C(=O)c2ccccc2C1=O)C(=O)OC. The third-order valence-corrected chi connectivity index (χ3v) is 3.75. The average Bonchev–Trinajstić information content (AvgIpc) is 2.88. The second kappa shape index (κ2) is 8.18. The Kier molecular flexibility index (Phi) is 5.99. The molecule has 1 aliphatic heterocycles. The summed E-state index contributed by atoms with van der Waals surface area (Å²) in [4.78, 5) is 52.4. The van der Waals surface area contributed by atoms with E-state index in [4.69, 9.17) is 0 Å². The van der Waals surface area contributed by atoms with E-state index >= 15 is 0 Å². The minimum atomic E-state index is -0.903. The molecule has 2 rings (SSSR count). The number of fused-ring (bicyclic) bond motifs is 1. The zero-order valence-corrected chi connectivity index (χ0v) is 13.9. The molecule has 0 fully saturated rings. The minimum absolute atomic E-state index is 0.000618. The van der Waals surface area contributed by atoms with Crippen LogP contribution in [0.2, 0.25) is 0 Å². The molecule has 2 amide bonds. The molecule has 1 unspecified atom stereocenters. The van der Waals surface area contributed by atoms with Crippen LogP contribution in [-0.2, 0) is 19.1 Å². The van der Waals surface area contributed by atoms with E-state index in [9.17, 15) is 19.2 Å². The van der Waals surface area contributed by atoms with E-state index in [1.54, 1.807) is 24.3 Å². The molecule has 0 N–H and O–H groups in total. The lowest BCUT2D eigenvalue weighted by molar-refractivity contribution is -0.143. The number of aliphatic imine (C=N–C) groups is 1. The van der Waals surface area contributed by atoms with Gasteiger partial charge in [0.05, 0.1) is 31.9 Å². The monoisotopic (exact) mass is 346 g/mol. The number of nitrogens with zero attached hydrogens (tertiary/aromatic N) is 2. The van der Waals surface area contributed by atoms with Crippen molar-refractivity contribution < 1.29 is 28.7 Å². The van der Waals surface area contributed by atoms with E-state index in [1.165, 1.54) is 20.4 Å². The van der Waals surface area contributed by atoms with Crippen LogP contribution in [0.15, 0.2) is 29.3 Å². The molecule has 25 heavy (non-hydrogen) atoms. The summed E-state index contributed by atoms with van der Waals surface area (Å²) >= 11 is 0. The van der Waals surface area contributed by atoms with Gasteiger partial charge >= 0.3 is 11.9 Å². The first-order chi connectivity index (χ1) is 12.0. The van der Waals surface area contributed by atoms with Crippen molar-refractivity contribution in [3.8, 4) is 0 Å². The maximum Gasteiger partial charge on any atom is 0.330 e. The fourth-order valence-corrected chi connectivity index (χ4v) is 2.41. The number of ether oxygens (including phenoxy) is 2. The molecule has 1 aliphatic rings. The number of carbonyl (C=O) groups is 4. The zero-order chi connectivity index (χ0) is 18.4. The molecule has 0 aromatic heterocycles. The predicted octanol–water partition coefficient (Wildman–Crippen LogP) is 0.848. The molecule has 132 valence electrons. The van der Waals surface area contributed by atoms with Crippen molar-refractivity contribution in [3.63, 3.8) is 0 Å². The van der Waals surface area contributed by atoms with E-state index in [-0.39, 0.29) is 19.4 Å². The first-order valence-corrected chi connectivity index (χ1v) is 7.61. The van der Waals surface area contributed by atoms with Gasteiger partial charge in [-0.1, -0.05) is 12.1 Å². The van der Waals surface area contributed by atoms with Crippen molar-refractivity contribution in [2.24, 2.45) is 4.99 Å². The Balaban J connectivity index is 2.02. The van der Waals surface area contributed by atoms with E-state index in [0.717, 1.165) is 4.90 Å². The highest BCUT2D eigenvalue weighted by molar-refractivity contribution is 6.22. The number of rotatable bonds is 7. The number of carbonyl (C=O) groups excluding carboxylic acids is 4. The standard InChI is InChI=1S/C17H18N2O6/c1-24-14(20)8-7-13(17(23)25-2)18-9-10-19-15(21)11-5-3-4-6-12(11)16(19)22/h3-6,9,13H,7-8,10H2,1-2H3. The van der Waals surface area contributed by atoms with Crippen LogP contribution in [-0.4, -0.2) is 61.7 Å². The van der Waals surface area contributed by atoms with Gasteiger partial charge in [-0.15, -0.1) is 0 Å². The molecule has 0 radical (unpaired) electrons. The van der Waals surface area contributed by atoms with Gasteiger partial charge in [0.1, 0.15) is 6.04 Å². The normalized spacial score (nSPS) is 14.6. The highest BCUT2D eigenvalue weighted by Gasteiger charge is 2.34. The van der Waals surface area contributed by atoms with Gasteiger partial charge in [0.25, 0.3) is 11.8 Å². The summed E-state index contributed by atoms with van der Waals surface area (Å²) in [6, 6.07) is 5.63. The molecule has 1 aromatic carbocycles. The summed E-state index contributed by atoms with van der Waals surface area (Å²) in [7, 11) is 2.47. The number of amides is 2. The molecule has 0 aliphatic carbocycles. The topological polar surface area (TPSA) is 102 Å². The molecular formula is C17H18N2O6. The lowest BCUT2D eigenvalue weighted by atomic mass is 10.1. The number of hydrogen-bond acceptors (Lipinski definition) is 7. The van der Waals surface area contributed by atoms with Crippen LogP contribution < -0.4 is 0 Å². The molecule has 1 aromatic rings. The fraction of sp³-hybridized carbons (Fsp3) is 0.353. The van der Waals surface area contributed by atoms with E-state index in [1.807, 2.05) is 0 Å². The number of imide groups is 1. The van der Waals surface area contributed by atoms with E-state index in [2.05, 4.69) is 14.5 Å². The van der Waals surface area contributed by atoms with Crippen LogP contribution in [0.4, 0.5) is 0 Å². The number of methoxy groups -OCH3 is 2. The predicted molar refractivity (Wildman–Crippen MR) is 87.4 cm³/mol. The quantitative estimate of drug-likeness (QED) is 0.412. The summed E-state index contributed by atoms with van der Waals surface area (Å²) < 4.78 is 9.16. The summed E-state index contributed by atoms with van der Waals surface area (Å²) in [6.45, 7) is -0.0714. The summed E-state index contributed by atoms with van der Waals surface area (Å²) in [5.41, 5.74) is 0.687. The number of esters is 2. The lowest BCUT2D eigenvalue weighted by Crippen LogP contribution is -2.32. The average molecular weight is 346 g/mol. The van der Waals surface area contributed by atoms with Gasteiger partial charge in [0, 0.05) is 12.6 Å². The molecule has 0 spiro atoms. The molecule has 8 heteroatoms. The van der Waals surface area contributed by atoms with Crippen molar-refractivity contribution in [1.82, 2.24) is 4.90 Å². The molecule has 0 saturated carbocycles. The Bertz CT molecular complexity index is 693. The maximum absolute atomic E-state index is 12.2. The maximum atomic E-state index is 12.2. The minimum Gasteiger partial charge on any atom is -0.469 e. The molecular weight excluding hydrogens is 328 g/mol. The second-order valence-electron chi connectivity index (χ2n) is 5.25. The van der Waals surface area contributed by atoms with Crippen LogP contribution in [0.25, 0.3) is 0 Å². The summed E-state index contributed by atoms with van der Waals surface area (Å²) in [5.74, 6) is -1.89. The number of hydrogen-bond donors (Lipinski definition) is 0. The molecule has 8 nitrogen and oxygen atoms in total. The van der Waals surface area contributed by atoms with Gasteiger partial charge < -0.3 is 9.47 Å². The fourth-order valence-electron chi connectivity index (χ4n) is 2.41. The molecule has 1 atom stereocenters.